The molecule has 0 radical (unpaired) electrons. The van der Waals surface area contributed by atoms with Crippen LogP contribution in [0.1, 0.15) is 44.2 Å². The average Bonchev–Trinajstić information content (AvgIpc) is 2.54. The second-order valence-corrected chi connectivity index (χ2v) is 5.46. The minimum Gasteiger partial charge on any atom is -0.493 e. The Morgan fingerprint density at radius 1 is 1.35 bits per heavy atom. The summed E-state index contributed by atoms with van der Waals surface area (Å²) < 4.78 is 11.1. The van der Waals surface area contributed by atoms with Gasteiger partial charge in [-0.15, -0.1) is 24.0 Å². The van der Waals surface area contributed by atoms with Gasteiger partial charge >= 0.3 is 0 Å². The summed E-state index contributed by atoms with van der Waals surface area (Å²) in [6.07, 6.45) is 4.08. The monoisotopic (exact) mass is 433 g/mol. The van der Waals surface area contributed by atoms with Crippen molar-refractivity contribution in [1.29, 1.82) is 0 Å². The second kappa shape index (κ2) is 11.5. The number of hydrogen-bond acceptors (Lipinski definition) is 3. The molecule has 6 heteroatoms. The van der Waals surface area contributed by atoms with Gasteiger partial charge in [0.2, 0.25) is 0 Å². The van der Waals surface area contributed by atoms with E-state index in [1.165, 1.54) is 6.42 Å². The van der Waals surface area contributed by atoms with Gasteiger partial charge in [0.15, 0.2) is 5.96 Å². The molecule has 5 nitrogen and oxygen atoms in total. The predicted molar refractivity (Wildman–Crippen MR) is 105 cm³/mol. The Labute approximate surface area is 156 Å². The van der Waals surface area contributed by atoms with Gasteiger partial charge in [0.05, 0.1) is 12.6 Å². The number of guanidine groups is 1. The predicted octanol–water partition coefficient (Wildman–Crippen LogP) is 3.24. The zero-order valence-electron chi connectivity index (χ0n) is 13.8. The van der Waals surface area contributed by atoms with Crippen LogP contribution in [0.3, 0.4) is 0 Å². The first kappa shape index (κ1) is 20.0. The van der Waals surface area contributed by atoms with E-state index in [4.69, 9.17) is 15.2 Å². The first-order valence-corrected chi connectivity index (χ1v) is 8.17. The van der Waals surface area contributed by atoms with Crippen LogP contribution in [0, 0.1) is 0 Å². The van der Waals surface area contributed by atoms with E-state index in [0.717, 1.165) is 43.8 Å². The number of nitrogens with one attached hydrogen (secondary N) is 1. The SMILES string of the molecule is CCCCOCCCN=C(N)NC1CCOc2ccccc21.I. The lowest BCUT2D eigenvalue weighted by Crippen LogP contribution is -2.37. The molecule has 0 saturated carbocycles. The molecule has 0 saturated heterocycles. The van der Waals surface area contributed by atoms with Crippen molar-refractivity contribution in [2.24, 2.45) is 10.7 Å². The molecule has 1 aliphatic rings. The fraction of sp³-hybridized carbons (Fsp3) is 0.588. The van der Waals surface area contributed by atoms with E-state index in [0.29, 0.717) is 19.1 Å². The van der Waals surface area contributed by atoms with Crippen molar-refractivity contribution in [2.45, 2.75) is 38.6 Å². The number of nitrogens with two attached hydrogens (primary N) is 1. The Kier molecular flexibility index (Phi) is 10.0. The number of ether oxygens (including phenoxy) is 2. The molecule has 0 aromatic heterocycles. The third kappa shape index (κ3) is 6.95. The van der Waals surface area contributed by atoms with Crippen molar-refractivity contribution in [3.63, 3.8) is 0 Å². The first-order valence-electron chi connectivity index (χ1n) is 8.17. The molecule has 1 unspecified atom stereocenters. The maximum Gasteiger partial charge on any atom is 0.189 e. The number of fused-ring (bicyclic) bond motifs is 1. The molecule has 1 aromatic carbocycles. The van der Waals surface area contributed by atoms with Gasteiger partial charge in [-0.1, -0.05) is 31.5 Å². The highest BCUT2D eigenvalue weighted by Crippen LogP contribution is 2.31. The zero-order chi connectivity index (χ0) is 15.6. The Morgan fingerprint density at radius 3 is 2.96 bits per heavy atom. The highest BCUT2D eigenvalue weighted by molar-refractivity contribution is 14.0. The van der Waals surface area contributed by atoms with Crippen LogP contribution in [0.15, 0.2) is 29.3 Å². The number of para-hydroxylation sites is 1. The van der Waals surface area contributed by atoms with Gasteiger partial charge in [0.25, 0.3) is 0 Å². The fourth-order valence-corrected chi connectivity index (χ4v) is 2.43. The third-order valence-electron chi connectivity index (χ3n) is 3.65. The number of aliphatic imine (C=N–C) groups is 1. The van der Waals surface area contributed by atoms with Crippen LogP contribution in [0.2, 0.25) is 0 Å². The van der Waals surface area contributed by atoms with Crippen LogP contribution in [-0.4, -0.2) is 32.3 Å². The van der Waals surface area contributed by atoms with Crippen molar-refractivity contribution >= 4 is 29.9 Å². The van der Waals surface area contributed by atoms with Crippen LogP contribution in [-0.2, 0) is 4.74 Å². The topological polar surface area (TPSA) is 68.9 Å². The summed E-state index contributed by atoms with van der Waals surface area (Å²) in [4.78, 5) is 4.37. The van der Waals surface area contributed by atoms with Gasteiger partial charge in [0.1, 0.15) is 5.75 Å². The maximum absolute atomic E-state index is 5.98. The molecule has 0 spiro atoms. The van der Waals surface area contributed by atoms with Crippen LogP contribution >= 0.6 is 24.0 Å². The van der Waals surface area contributed by atoms with Crippen molar-refractivity contribution in [2.75, 3.05) is 26.4 Å². The molecule has 1 aromatic rings. The van der Waals surface area contributed by atoms with Gasteiger partial charge in [-0.3, -0.25) is 4.99 Å². The molecule has 23 heavy (non-hydrogen) atoms. The molecular weight excluding hydrogens is 405 g/mol. The summed E-state index contributed by atoms with van der Waals surface area (Å²) in [6.45, 7) is 5.14. The quantitative estimate of drug-likeness (QED) is 0.286. The number of unbranched alkanes of at least 4 members (excludes halogenated alkanes) is 1. The van der Waals surface area contributed by atoms with Crippen LogP contribution in [0.5, 0.6) is 5.75 Å². The highest BCUT2D eigenvalue weighted by Gasteiger charge is 2.20. The number of halogens is 1. The van der Waals surface area contributed by atoms with E-state index in [-0.39, 0.29) is 30.0 Å². The van der Waals surface area contributed by atoms with Crippen molar-refractivity contribution < 1.29 is 9.47 Å². The van der Waals surface area contributed by atoms with E-state index >= 15 is 0 Å². The normalized spacial score (nSPS) is 16.9. The summed E-state index contributed by atoms with van der Waals surface area (Å²) in [5.74, 6) is 1.43. The van der Waals surface area contributed by atoms with Crippen molar-refractivity contribution in [1.82, 2.24) is 5.32 Å². The van der Waals surface area contributed by atoms with E-state index in [1.54, 1.807) is 0 Å². The number of hydrogen-bond donors (Lipinski definition) is 2. The van der Waals surface area contributed by atoms with E-state index in [2.05, 4.69) is 23.3 Å². The number of benzene rings is 1. The molecule has 1 heterocycles. The molecule has 0 bridgehead atoms. The van der Waals surface area contributed by atoms with Gasteiger partial charge < -0.3 is 20.5 Å². The Morgan fingerprint density at radius 2 is 2.13 bits per heavy atom. The zero-order valence-corrected chi connectivity index (χ0v) is 16.1. The lowest BCUT2D eigenvalue weighted by Gasteiger charge is -2.26. The molecular formula is C17H28IN3O2. The standard InChI is InChI=1S/C17H27N3O2.HI/c1-2-3-11-21-12-6-10-19-17(18)20-15-9-13-22-16-8-5-4-7-14(15)16;/h4-5,7-8,15H,2-3,6,9-13H2,1H3,(H3,18,19,20);1H. The Bertz CT molecular complexity index is 483. The van der Waals surface area contributed by atoms with Gasteiger partial charge in [-0.2, -0.15) is 0 Å². The van der Waals surface area contributed by atoms with Crippen molar-refractivity contribution in [3.8, 4) is 5.75 Å². The lowest BCUT2D eigenvalue weighted by atomic mass is 10.0. The minimum atomic E-state index is 0. The first-order chi connectivity index (χ1) is 10.8. The second-order valence-electron chi connectivity index (χ2n) is 5.46. The van der Waals surface area contributed by atoms with Gasteiger partial charge in [-0.05, 0) is 18.9 Å². The van der Waals surface area contributed by atoms with Crippen LogP contribution < -0.4 is 15.8 Å². The summed E-state index contributed by atoms with van der Waals surface area (Å²) in [6, 6.07) is 8.24. The number of nitrogens with zero attached hydrogens (tertiary/aromatic N) is 1. The fourth-order valence-electron chi connectivity index (χ4n) is 2.43. The van der Waals surface area contributed by atoms with E-state index < -0.39 is 0 Å². The Hall–Kier alpha value is -1.02. The van der Waals surface area contributed by atoms with E-state index in [1.807, 2.05) is 18.2 Å². The average molecular weight is 433 g/mol. The molecule has 0 aliphatic carbocycles. The summed E-state index contributed by atoms with van der Waals surface area (Å²) in [5, 5.41) is 3.29. The summed E-state index contributed by atoms with van der Waals surface area (Å²) >= 11 is 0. The molecule has 130 valence electrons. The van der Waals surface area contributed by atoms with Crippen LogP contribution in [0.4, 0.5) is 0 Å². The molecule has 1 atom stereocenters. The van der Waals surface area contributed by atoms with Crippen LogP contribution in [0.25, 0.3) is 0 Å². The molecule has 3 N–H and O–H groups in total. The van der Waals surface area contributed by atoms with Gasteiger partial charge in [-0.25, -0.2) is 0 Å². The highest BCUT2D eigenvalue weighted by atomic mass is 127. The summed E-state index contributed by atoms with van der Waals surface area (Å²) in [5.41, 5.74) is 7.13. The molecule has 0 fully saturated rings. The molecule has 2 rings (SSSR count). The van der Waals surface area contributed by atoms with E-state index in [9.17, 15) is 0 Å². The number of rotatable bonds is 8. The Balaban J connectivity index is 0.00000264. The summed E-state index contributed by atoms with van der Waals surface area (Å²) in [7, 11) is 0. The van der Waals surface area contributed by atoms with Crippen molar-refractivity contribution in [3.05, 3.63) is 29.8 Å². The maximum atomic E-state index is 5.98. The molecule has 1 aliphatic heterocycles. The van der Waals surface area contributed by atoms with Gasteiger partial charge in [0, 0.05) is 31.7 Å². The third-order valence-corrected chi connectivity index (χ3v) is 3.65. The largest absolute Gasteiger partial charge is 0.493 e. The smallest absolute Gasteiger partial charge is 0.189 e. The minimum absolute atomic E-state index is 0. The molecule has 0 amide bonds. The lowest BCUT2D eigenvalue weighted by molar-refractivity contribution is 0.130.